The van der Waals surface area contributed by atoms with E-state index in [-0.39, 0.29) is 5.56 Å². The zero-order chi connectivity index (χ0) is 14.8. The van der Waals surface area contributed by atoms with E-state index in [9.17, 15) is 4.79 Å². The van der Waals surface area contributed by atoms with Gasteiger partial charge in [0.15, 0.2) is 0 Å². The molecular weight excluding hydrogens is 282 g/mol. The lowest BCUT2D eigenvalue weighted by atomic mass is 10.2. The maximum atomic E-state index is 12.0. The minimum Gasteiger partial charge on any atom is -0.398 e. The quantitative estimate of drug-likeness (QED) is 0.596. The first-order valence-electron chi connectivity index (χ1n) is 6.60. The van der Waals surface area contributed by atoms with Crippen molar-refractivity contribution in [1.82, 2.24) is 9.38 Å². The van der Waals surface area contributed by atoms with Gasteiger partial charge in [-0.15, -0.1) is 11.8 Å². The van der Waals surface area contributed by atoms with Crippen LogP contribution < -0.4 is 11.3 Å². The van der Waals surface area contributed by atoms with Gasteiger partial charge in [0.05, 0.1) is 5.69 Å². The highest BCUT2D eigenvalue weighted by Gasteiger charge is 2.05. The smallest absolute Gasteiger partial charge is 0.258 e. The summed E-state index contributed by atoms with van der Waals surface area (Å²) in [6, 6.07) is 13.0. The summed E-state index contributed by atoms with van der Waals surface area (Å²) in [4.78, 5) is 17.7. The Balaban J connectivity index is 1.89. The summed E-state index contributed by atoms with van der Waals surface area (Å²) in [5, 5.41) is 0. The van der Waals surface area contributed by atoms with Gasteiger partial charge in [-0.2, -0.15) is 0 Å². The predicted molar refractivity (Wildman–Crippen MR) is 86.6 cm³/mol. The normalized spacial score (nSPS) is 10.9. The molecule has 0 bridgehead atoms. The number of fused-ring (bicyclic) bond motifs is 1. The average Bonchev–Trinajstić information content (AvgIpc) is 2.49. The lowest BCUT2D eigenvalue weighted by molar-refractivity contribution is 1.01. The molecule has 2 aromatic heterocycles. The number of nitrogen functional groups attached to an aromatic ring is 1. The van der Waals surface area contributed by atoms with Gasteiger partial charge in [-0.3, -0.25) is 9.20 Å². The molecule has 4 nitrogen and oxygen atoms in total. The van der Waals surface area contributed by atoms with Gasteiger partial charge >= 0.3 is 0 Å². The molecule has 3 rings (SSSR count). The molecule has 1 aromatic carbocycles. The summed E-state index contributed by atoms with van der Waals surface area (Å²) in [6.07, 6.45) is 1.73. The Labute approximate surface area is 126 Å². The summed E-state index contributed by atoms with van der Waals surface area (Å²) in [5.41, 5.74) is 9.15. The number of thioether (sulfide) groups is 1. The molecule has 0 aliphatic carbocycles. The molecule has 0 aliphatic heterocycles. The van der Waals surface area contributed by atoms with Crippen LogP contribution in [0.2, 0.25) is 0 Å². The topological polar surface area (TPSA) is 60.4 Å². The molecule has 21 heavy (non-hydrogen) atoms. The Morgan fingerprint density at radius 2 is 2.10 bits per heavy atom. The van der Waals surface area contributed by atoms with Gasteiger partial charge in [-0.1, -0.05) is 12.1 Å². The van der Waals surface area contributed by atoms with Crippen molar-refractivity contribution in [2.24, 2.45) is 0 Å². The Morgan fingerprint density at radius 3 is 2.95 bits per heavy atom. The molecule has 0 radical (unpaired) electrons. The summed E-state index contributed by atoms with van der Waals surface area (Å²) >= 11 is 1.64. The molecule has 0 spiro atoms. The molecule has 5 heteroatoms. The zero-order valence-corrected chi connectivity index (χ0v) is 12.4. The van der Waals surface area contributed by atoms with E-state index in [0.29, 0.717) is 11.4 Å². The van der Waals surface area contributed by atoms with Crippen molar-refractivity contribution >= 4 is 23.1 Å². The molecule has 2 heterocycles. The van der Waals surface area contributed by atoms with Gasteiger partial charge in [0.25, 0.3) is 5.56 Å². The fraction of sp³-hybridized carbons (Fsp3) is 0.125. The van der Waals surface area contributed by atoms with E-state index in [1.165, 1.54) is 0 Å². The second-order valence-corrected chi connectivity index (χ2v) is 5.79. The van der Waals surface area contributed by atoms with E-state index in [0.717, 1.165) is 21.8 Å². The largest absolute Gasteiger partial charge is 0.398 e. The first-order chi connectivity index (χ1) is 10.1. The van der Waals surface area contributed by atoms with E-state index >= 15 is 0 Å². The first kappa shape index (κ1) is 13.7. The van der Waals surface area contributed by atoms with Crippen LogP contribution in [0, 0.1) is 6.92 Å². The molecule has 0 saturated heterocycles. The van der Waals surface area contributed by atoms with Crippen molar-refractivity contribution in [2.75, 3.05) is 5.73 Å². The van der Waals surface area contributed by atoms with Crippen molar-refractivity contribution in [3.63, 3.8) is 0 Å². The van der Waals surface area contributed by atoms with E-state index in [4.69, 9.17) is 5.73 Å². The van der Waals surface area contributed by atoms with Crippen LogP contribution in [-0.4, -0.2) is 9.38 Å². The molecule has 3 aromatic rings. The van der Waals surface area contributed by atoms with Gasteiger partial charge in [0, 0.05) is 28.6 Å². The Hall–Kier alpha value is -2.27. The van der Waals surface area contributed by atoms with E-state index in [2.05, 4.69) is 4.98 Å². The number of anilines is 1. The number of hydrogen-bond donors (Lipinski definition) is 1. The minimum absolute atomic E-state index is 0.0551. The monoisotopic (exact) mass is 297 g/mol. The highest BCUT2D eigenvalue weighted by atomic mass is 32.2. The van der Waals surface area contributed by atoms with Gasteiger partial charge in [-0.05, 0) is 36.8 Å². The third kappa shape index (κ3) is 2.78. The fourth-order valence-electron chi connectivity index (χ4n) is 2.12. The molecule has 2 N–H and O–H groups in total. The first-order valence-corrected chi connectivity index (χ1v) is 7.59. The molecule has 0 aliphatic rings. The molecular formula is C16H15N3OS. The Kier molecular flexibility index (Phi) is 3.66. The van der Waals surface area contributed by atoms with Crippen LogP contribution in [0.15, 0.2) is 58.4 Å². The third-order valence-corrected chi connectivity index (χ3v) is 4.52. The minimum atomic E-state index is -0.0551. The number of benzene rings is 1. The van der Waals surface area contributed by atoms with Gasteiger partial charge in [0.2, 0.25) is 0 Å². The van der Waals surface area contributed by atoms with Crippen LogP contribution in [0.5, 0.6) is 0 Å². The van der Waals surface area contributed by atoms with E-state index in [1.54, 1.807) is 28.4 Å². The van der Waals surface area contributed by atoms with Crippen LogP contribution in [-0.2, 0) is 5.75 Å². The van der Waals surface area contributed by atoms with Gasteiger partial charge in [-0.25, -0.2) is 4.98 Å². The van der Waals surface area contributed by atoms with Crippen LogP contribution in [0.3, 0.4) is 0 Å². The maximum absolute atomic E-state index is 12.0. The molecule has 0 fully saturated rings. The van der Waals surface area contributed by atoms with Crippen molar-refractivity contribution < 1.29 is 0 Å². The standard InChI is InChI=1S/C16H15N3OS/c1-11-13(17)5-4-6-14(11)21-10-12-9-16(20)19-8-3-2-7-15(19)18-12/h2-9H,10,17H2,1H3. The van der Waals surface area contributed by atoms with Crippen molar-refractivity contribution in [2.45, 2.75) is 17.6 Å². The second kappa shape index (κ2) is 5.61. The SMILES string of the molecule is Cc1c(N)cccc1SCc1cc(=O)n2ccccc2n1. The molecule has 0 amide bonds. The number of rotatable bonds is 3. The number of pyridine rings is 1. The van der Waals surface area contributed by atoms with Crippen LogP contribution in [0.4, 0.5) is 5.69 Å². The summed E-state index contributed by atoms with van der Waals surface area (Å²) in [6.45, 7) is 2.00. The van der Waals surface area contributed by atoms with Crippen LogP contribution in [0.25, 0.3) is 5.65 Å². The summed E-state index contributed by atoms with van der Waals surface area (Å²) in [5.74, 6) is 0.644. The second-order valence-electron chi connectivity index (χ2n) is 4.77. The fourth-order valence-corrected chi connectivity index (χ4v) is 3.08. The summed E-state index contributed by atoms with van der Waals surface area (Å²) < 4.78 is 1.54. The van der Waals surface area contributed by atoms with Crippen molar-refractivity contribution in [1.29, 1.82) is 0 Å². The molecule has 106 valence electrons. The van der Waals surface area contributed by atoms with E-state index < -0.39 is 0 Å². The number of aromatic nitrogens is 2. The molecule has 0 saturated carbocycles. The average molecular weight is 297 g/mol. The zero-order valence-electron chi connectivity index (χ0n) is 11.6. The highest BCUT2D eigenvalue weighted by molar-refractivity contribution is 7.98. The molecule has 0 unspecified atom stereocenters. The maximum Gasteiger partial charge on any atom is 0.258 e. The number of hydrogen-bond acceptors (Lipinski definition) is 4. The third-order valence-electron chi connectivity index (χ3n) is 3.33. The van der Waals surface area contributed by atoms with Gasteiger partial charge in [0.1, 0.15) is 5.65 Å². The number of nitrogens with zero attached hydrogens (tertiary/aromatic N) is 2. The Bertz CT molecular complexity index is 858. The van der Waals surface area contributed by atoms with Crippen LogP contribution in [0.1, 0.15) is 11.3 Å². The van der Waals surface area contributed by atoms with Crippen molar-refractivity contribution in [3.8, 4) is 0 Å². The van der Waals surface area contributed by atoms with Crippen LogP contribution >= 0.6 is 11.8 Å². The lowest BCUT2D eigenvalue weighted by Crippen LogP contribution is -2.14. The summed E-state index contributed by atoms with van der Waals surface area (Å²) in [7, 11) is 0. The highest BCUT2D eigenvalue weighted by Crippen LogP contribution is 2.28. The van der Waals surface area contributed by atoms with Gasteiger partial charge < -0.3 is 5.73 Å². The lowest BCUT2D eigenvalue weighted by Gasteiger charge is -2.08. The molecule has 0 atom stereocenters. The van der Waals surface area contributed by atoms with E-state index in [1.807, 2.05) is 43.3 Å². The number of nitrogens with two attached hydrogens (primary N) is 1. The Morgan fingerprint density at radius 1 is 1.24 bits per heavy atom. The van der Waals surface area contributed by atoms with Crippen molar-refractivity contribution in [3.05, 3.63) is 70.3 Å². The predicted octanol–water partition coefficient (Wildman–Crippen LogP) is 2.88.